The molecule has 0 fully saturated rings. The molecule has 1 aromatic heterocycles. The fourth-order valence-electron chi connectivity index (χ4n) is 2.04. The van der Waals surface area contributed by atoms with E-state index < -0.39 is 6.03 Å². The average Bonchev–Trinajstić information content (AvgIpc) is 2.59. The lowest BCUT2D eigenvalue weighted by molar-refractivity contribution is -0.119. The number of pyridine rings is 1. The minimum Gasteiger partial charge on any atom is -0.358 e. The van der Waals surface area contributed by atoms with Crippen LogP contribution in [0.1, 0.15) is 11.1 Å². The highest BCUT2D eigenvalue weighted by molar-refractivity contribution is 5.91. The van der Waals surface area contributed by atoms with E-state index in [1.165, 1.54) is 12.6 Å². The smallest absolute Gasteiger partial charge is 0.320 e. The standard InChI is InChI=1S/C17H20N4O2/c1-18-16(22)12-20-17(23)21-15-11-14(9-10-19-15)8-7-13-5-3-2-4-6-13/h2-6,9-11H,7-8,12H2,1H3,(H,18,22)(H2,19,20,21,23). The highest BCUT2D eigenvalue weighted by Crippen LogP contribution is 2.10. The van der Waals surface area contributed by atoms with Gasteiger partial charge in [-0.15, -0.1) is 0 Å². The Kier molecular flexibility index (Phi) is 6.11. The molecular weight excluding hydrogens is 292 g/mol. The van der Waals surface area contributed by atoms with Crippen molar-refractivity contribution in [3.63, 3.8) is 0 Å². The van der Waals surface area contributed by atoms with Gasteiger partial charge in [0.15, 0.2) is 0 Å². The molecule has 0 aliphatic carbocycles. The van der Waals surface area contributed by atoms with E-state index in [1.807, 2.05) is 30.3 Å². The van der Waals surface area contributed by atoms with Gasteiger partial charge in [0, 0.05) is 13.2 Å². The zero-order valence-electron chi connectivity index (χ0n) is 13.0. The maximum Gasteiger partial charge on any atom is 0.320 e. The van der Waals surface area contributed by atoms with Crippen LogP contribution >= 0.6 is 0 Å². The van der Waals surface area contributed by atoms with Gasteiger partial charge in [0.05, 0.1) is 6.54 Å². The molecule has 23 heavy (non-hydrogen) atoms. The van der Waals surface area contributed by atoms with Crippen LogP contribution in [0.5, 0.6) is 0 Å². The van der Waals surface area contributed by atoms with E-state index in [2.05, 4.69) is 33.1 Å². The summed E-state index contributed by atoms with van der Waals surface area (Å²) in [5.74, 6) is 0.203. The topological polar surface area (TPSA) is 83.1 Å². The van der Waals surface area contributed by atoms with Gasteiger partial charge in [-0.25, -0.2) is 9.78 Å². The number of nitrogens with one attached hydrogen (secondary N) is 3. The Hall–Kier alpha value is -2.89. The normalized spacial score (nSPS) is 9.96. The maximum atomic E-state index is 11.7. The lowest BCUT2D eigenvalue weighted by Gasteiger charge is -2.08. The number of benzene rings is 1. The van der Waals surface area contributed by atoms with Crippen molar-refractivity contribution in [2.75, 3.05) is 18.9 Å². The van der Waals surface area contributed by atoms with Gasteiger partial charge in [0.1, 0.15) is 5.82 Å². The first-order valence-corrected chi connectivity index (χ1v) is 7.41. The van der Waals surface area contributed by atoms with Crippen molar-refractivity contribution < 1.29 is 9.59 Å². The molecule has 6 nitrogen and oxygen atoms in total. The van der Waals surface area contributed by atoms with Crippen molar-refractivity contribution in [3.05, 3.63) is 59.8 Å². The summed E-state index contributed by atoms with van der Waals surface area (Å²) in [5, 5.41) is 7.50. The van der Waals surface area contributed by atoms with E-state index >= 15 is 0 Å². The number of amides is 3. The molecule has 0 saturated heterocycles. The number of aryl methyl sites for hydroxylation is 2. The van der Waals surface area contributed by atoms with Gasteiger partial charge < -0.3 is 10.6 Å². The molecule has 0 aliphatic heterocycles. The van der Waals surface area contributed by atoms with Gasteiger partial charge in [-0.1, -0.05) is 30.3 Å². The zero-order valence-corrected chi connectivity index (χ0v) is 13.0. The van der Waals surface area contributed by atoms with Crippen molar-refractivity contribution in [2.45, 2.75) is 12.8 Å². The first-order chi connectivity index (χ1) is 11.2. The summed E-state index contributed by atoms with van der Waals surface area (Å²) >= 11 is 0. The van der Waals surface area contributed by atoms with Gasteiger partial charge in [0.2, 0.25) is 5.91 Å². The number of carbonyl (C=O) groups excluding carboxylic acids is 2. The van der Waals surface area contributed by atoms with E-state index in [0.29, 0.717) is 5.82 Å². The molecule has 6 heteroatoms. The molecule has 3 amide bonds. The molecule has 0 unspecified atom stereocenters. The molecule has 2 rings (SSSR count). The Bertz CT molecular complexity index is 659. The Balaban J connectivity index is 1.86. The summed E-state index contributed by atoms with van der Waals surface area (Å²) in [6.07, 6.45) is 3.45. The molecule has 3 N–H and O–H groups in total. The molecule has 0 saturated carbocycles. The SMILES string of the molecule is CNC(=O)CNC(=O)Nc1cc(CCc2ccccc2)ccn1. The lowest BCUT2D eigenvalue weighted by Crippen LogP contribution is -2.37. The van der Waals surface area contributed by atoms with E-state index in [4.69, 9.17) is 0 Å². The Morgan fingerprint density at radius 1 is 1.04 bits per heavy atom. The van der Waals surface area contributed by atoms with Crippen LogP contribution in [0, 0.1) is 0 Å². The van der Waals surface area contributed by atoms with Crippen LogP contribution in [0.15, 0.2) is 48.7 Å². The molecule has 120 valence electrons. The van der Waals surface area contributed by atoms with Crippen LogP contribution in [0.3, 0.4) is 0 Å². The largest absolute Gasteiger partial charge is 0.358 e. The Labute approximate surface area is 135 Å². The number of anilines is 1. The lowest BCUT2D eigenvalue weighted by atomic mass is 10.1. The summed E-state index contributed by atoms with van der Waals surface area (Å²) in [7, 11) is 1.51. The molecule has 1 aromatic carbocycles. The predicted octanol–water partition coefficient (Wildman–Crippen LogP) is 1.73. The molecule has 0 spiro atoms. The second-order valence-corrected chi connectivity index (χ2v) is 5.02. The van der Waals surface area contributed by atoms with Crippen molar-refractivity contribution in [1.82, 2.24) is 15.6 Å². The quantitative estimate of drug-likeness (QED) is 0.759. The van der Waals surface area contributed by atoms with Crippen LogP contribution in [0.2, 0.25) is 0 Å². The fraction of sp³-hybridized carbons (Fsp3) is 0.235. The zero-order chi connectivity index (χ0) is 16.5. The summed E-state index contributed by atoms with van der Waals surface area (Å²) in [5.41, 5.74) is 2.35. The van der Waals surface area contributed by atoms with Crippen molar-refractivity contribution >= 4 is 17.8 Å². The highest BCUT2D eigenvalue weighted by atomic mass is 16.2. The van der Waals surface area contributed by atoms with Crippen LogP contribution in [-0.4, -0.2) is 30.5 Å². The molecule has 0 aliphatic rings. The van der Waals surface area contributed by atoms with Crippen LogP contribution in [0.4, 0.5) is 10.6 Å². The average molecular weight is 312 g/mol. The van der Waals surface area contributed by atoms with Crippen LogP contribution in [0.25, 0.3) is 0 Å². The van der Waals surface area contributed by atoms with E-state index in [-0.39, 0.29) is 12.5 Å². The second kappa shape index (κ2) is 8.53. The summed E-state index contributed by atoms with van der Waals surface area (Å²) in [6.45, 7) is -0.0734. The summed E-state index contributed by atoms with van der Waals surface area (Å²) < 4.78 is 0. The van der Waals surface area contributed by atoms with E-state index in [1.54, 1.807) is 6.20 Å². The molecular formula is C17H20N4O2. The van der Waals surface area contributed by atoms with Gasteiger partial charge in [-0.05, 0) is 36.1 Å². The summed E-state index contributed by atoms with van der Waals surface area (Å²) in [6, 6.07) is 13.5. The van der Waals surface area contributed by atoms with Gasteiger partial charge >= 0.3 is 6.03 Å². The first-order valence-electron chi connectivity index (χ1n) is 7.41. The van der Waals surface area contributed by atoms with Gasteiger partial charge in [0.25, 0.3) is 0 Å². The minimum atomic E-state index is -0.457. The number of carbonyl (C=O) groups is 2. The number of hydrogen-bond donors (Lipinski definition) is 3. The molecule has 0 bridgehead atoms. The molecule has 0 atom stereocenters. The molecule has 1 heterocycles. The monoisotopic (exact) mass is 312 g/mol. The second-order valence-electron chi connectivity index (χ2n) is 5.02. The van der Waals surface area contributed by atoms with Crippen molar-refractivity contribution in [2.24, 2.45) is 0 Å². The predicted molar refractivity (Wildman–Crippen MR) is 89.2 cm³/mol. The third-order valence-corrected chi connectivity index (χ3v) is 3.30. The van der Waals surface area contributed by atoms with E-state index in [9.17, 15) is 9.59 Å². The Morgan fingerprint density at radius 3 is 2.52 bits per heavy atom. The number of nitrogens with zero attached hydrogens (tertiary/aromatic N) is 1. The third-order valence-electron chi connectivity index (χ3n) is 3.30. The van der Waals surface area contributed by atoms with Crippen LogP contribution < -0.4 is 16.0 Å². The van der Waals surface area contributed by atoms with Gasteiger partial charge in [-0.2, -0.15) is 0 Å². The molecule has 0 radical (unpaired) electrons. The number of urea groups is 1. The summed E-state index contributed by atoms with van der Waals surface area (Å²) in [4.78, 5) is 26.9. The maximum absolute atomic E-state index is 11.7. The number of rotatable bonds is 6. The van der Waals surface area contributed by atoms with Crippen molar-refractivity contribution in [1.29, 1.82) is 0 Å². The fourth-order valence-corrected chi connectivity index (χ4v) is 2.04. The Morgan fingerprint density at radius 2 is 1.78 bits per heavy atom. The van der Waals surface area contributed by atoms with Crippen molar-refractivity contribution in [3.8, 4) is 0 Å². The number of likely N-dealkylation sites (N-methyl/N-ethyl adjacent to an activating group) is 1. The third kappa shape index (κ3) is 5.78. The van der Waals surface area contributed by atoms with Gasteiger partial charge in [-0.3, -0.25) is 10.1 Å². The minimum absolute atomic E-state index is 0.0734. The molecule has 2 aromatic rings. The number of aromatic nitrogens is 1. The first kappa shape index (κ1) is 16.5. The van der Waals surface area contributed by atoms with Crippen LogP contribution in [-0.2, 0) is 17.6 Å². The van der Waals surface area contributed by atoms with E-state index in [0.717, 1.165) is 18.4 Å². The number of hydrogen-bond acceptors (Lipinski definition) is 3. The highest BCUT2D eigenvalue weighted by Gasteiger charge is 2.05.